The van der Waals surface area contributed by atoms with E-state index in [-0.39, 0.29) is 36.5 Å². The average Bonchev–Trinajstić information content (AvgIpc) is 2.92. The van der Waals surface area contributed by atoms with Gasteiger partial charge in [0.15, 0.2) is 28.8 Å². The third-order valence-electron chi connectivity index (χ3n) is 9.82. The summed E-state index contributed by atoms with van der Waals surface area (Å²) >= 11 is 0. The smallest absolute Gasteiger partial charge is 0.184 e. The minimum atomic E-state index is -1.59. The summed E-state index contributed by atoms with van der Waals surface area (Å²) in [6.45, 7) is 17.8. The van der Waals surface area contributed by atoms with Gasteiger partial charge in [-0.1, -0.05) is 60.4 Å². The third kappa shape index (κ3) is 6.27. The molecule has 6 nitrogen and oxygen atoms in total. The van der Waals surface area contributed by atoms with Crippen LogP contribution in [0.25, 0.3) is 5.76 Å². The van der Waals surface area contributed by atoms with Gasteiger partial charge in [-0.25, -0.2) is 0 Å². The zero-order valence-electron chi connectivity index (χ0n) is 27.9. The highest BCUT2D eigenvalue weighted by Gasteiger charge is 2.73. The first-order valence-electron chi connectivity index (χ1n) is 15.6. The second kappa shape index (κ2) is 13.1. The Balaban J connectivity index is 2.32. The molecule has 0 radical (unpaired) electrons. The molecular formula is C38H50O6. The molecule has 1 aromatic carbocycles. The van der Waals surface area contributed by atoms with Crippen molar-refractivity contribution in [3.05, 3.63) is 75.9 Å². The summed E-state index contributed by atoms with van der Waals surface area (Å²) < 4.78 is 0. The number of rotatable bonds is 10. The number of hydrogen-bond acceptors (Lipinski definition) is 6. The van der Waals surface area contributed by atoms with Crippen LogP contribution in [0, 0.1) is 22.2 Å². The summed E-state index contributed by atoms with van der Waals surface area (Å²) in [7, 11) is 0. The molecule has 0 aromatic heterocycles. The Labute approximate surface area is 263 Å². The minimum absolute atomic E-state index is 0.0171. The van der Waals surface area contributed by atoms with Crippen LogP contribution in [0.15, 0.2) is 70.4 Å². The lowest BCUT2D eigenvalue weighted by Gasteiger charge is -2.60. The van der Waals surface area contributed by atoms with Crippen molar-refractivity contribution in [2.75, 3.05) is 0 Å². The summed E-state index contributed by atoms with van der Waals surface area (Å²) in [6, 6.07) is 3.65. The number of Topliss-reactive ketones (excluding diaryl/α,β-unsaturated/α-hetero) is 3. The molecule has 0 amide bonds. The van der Waals surface area contributed by atoms with Gasteiger partial charge in [0.25, 0.3) is 0 Å². The molecule has 3 rings (SSSR count). The van der Waals surface area contributed by atoms with E-state index in [1.165, 1.54) is 23.3 Å². The van der Waals surface area contributed by atoms with Crippen molar-refractivity contribution in [3.8, 4) is 11.5 Å². The third-order valence-corrected chi connectivity index (χ3v) is 9.82. The number of aliphatic hydroxyl groups is 1. The monoisotopic (exact) mass is 602 g/mol. The van der Waals surface area contributed by atoms with Crippen LogP contribution in [0.3, 0.4) is 0 Å². The standard InChI is InChI=1S/C38H50O6/c1-23(2)11-10-12-26(7)13-15-28-22-37(19-17-24(3)4)33(42)31(32(41)27-14-16-29(39)30(40)21-27)34(43)38(35(37)44,36(28,8)9)20-18-25(5)6/h11,13-14,16-18,21,28,39-41H,10,12,15,19-20,22H2,1-9H3/b26-13+,32-31-/t28-,37-,38+/m1/s1. The van der Waals surface area contributed by atoms with Gasteiger partial charge in [0.05, 0.1) is 5.41 Å². The van der Waals surface area contributed by atoms with Gasteiger partial charge in [-0.2, -0.15) is 0 Å². The van der Waals surface area contributed by atoms with E-state index in [1.807, 2.05) is 53.7 Å². The number of benzene rings is 1. The Morgan fingerprint density at radius 2 is 1.41 bits per heavy atom. The lowest BCUT2D eigenvalue weighted by atomic mass is 9.38. The van der Waals surface area contributed by atoms with Gasteiger partial charge in [0, 0.05) is 5.56 Å². The van der Waals surface area contributed by atoms with Gasteiger partial charge in [0.2, 0.25) is 0 Å². The SMILES string of the molecule is CC(C)=CCC/C(C)=C/C[C@@H]1C[C@]2(CC=C(C)C)C(=O)/C(=C(/O)c3ccc(O)c(O)c3)C(=O)[C@@](CC=C(C)C)(C2=O)C1(C)C. The second-order valence-corrected chi connectivity index (χ2v) is 14.1. The zero-order chi connectivity index (χ0) is 33.2. The molecule has 2 bridgehead atoms. The van der Waals surface area contributed by atoms with Crippen LogP contribution < -0.4 is 0 Å². The fraction of sp³-hybridized carbons (Fsp3) is 0.500. The normalized spacial score (nSPS) is 25.8. The first-order valence-corrected chi connectivity index (χ1v) is 15.6. The molecule has 0 aliphatic heterocycles. The van der Waals surface area contributed by atoms with E-state index in [0.717, 1.165) is 30.1 Å². The average molecular weight is 603 g/mol. The Kier molecular flexibility index (Phi) is 10.4. The van der Waals surface area contributed by atoms with Gasteiger partial charge >= 0.3 is 0 Å². The van der Waals surface area contributed by atoms with E-state index in [1.54, 1.807) is 0 Å². The highest BCUT2D eigenvalue weighted by atomic mass is 16.3. The van der Waals surface area contributed by atoms with Crippen LogP contribution in [-0.2, 0) is 14.4 Å². The molecule has 44 heavy (non-hydrogen) atoms. The van der Waals surface area contributed by atoms with Crippen molar-refractivity contribution in [3.63, 3.8) is 0 Å². The van der Waals surface area contributed by atoms with E-state index in [4.69, 9.17) is 0 Å². The van der Waals surface area contributed by atoms with Crippen LogP contribution >= 0.6 is 0 Å². The number of phenols is 2. The number of carbonyl (C=O) groups excluding carboxylic acids is 3. The first kappa shape index (κ1) is 34.8. The number of aliphatic hydroxyl groups excluding tert-OH is 1. The van der Waals surface area contributed by atoms with Crippen molar-refractivity contribution in [2.45, 2.75) is 101 Å². The molecule has 0 spiro atoms. The number of hydrogen-bond donors (Lipinski definition) is 3. The highest BCUT2D eigenvalue weighted by molar-refractivity contribution is 6.41. The molecular weight excluding hydrogens is 552 g/mol. The van der Waals surface area contributed by atoms with E-state index >= 15 is 0 Å². The maximum atomic E-state index is 14.9. The number of carbonyl (C=O) groups is 3. The molecule has 0 saturated heterocycles. The lowest BCUT2D eigenvalue weighted by molar-refractivity contribution is -0.176. The molecule has 6 heteroatoms. The number of aromatic hydroxyl groups is 2. The summed E-state index contributed by atoms with van der Waals surface area (Å²) in [5.41, 5.74) is 0.00501. The van der Waals surface area contributed by atoms with E-state index in [2.05, 4.69) is 32.9 Å². The van der Waals surface area contributed by atoms with E-state index in [9.17, 15) is 29.7 Å². The van der Waals surface area contributed by atoms with Gasteiger partial charge in [-0.05, 0) is 117 Å². The number of phenolic OH excluding ortho intramolecular Hbond substituents is 2. The molecule has 0 heterocycles. The molecule has 2 saturated carbocycles. The van der Waals surface area contributed by atoms with E-state index in [0.29, 0.717) is 6.42 Å². The Bertz CT molecular complexity index is 1480. The quantitative estimate of drug-likeness (QED) is 0.0616. The Morgan fingerprint density at radius 3 is 1.98 bits per heavy atom. The van der Waals surface area contributed by atoms with Crippen molar-refractivity contribution in [1.82, 2.24) is 0 Å². The molecule has 2 aliphatic rings. The van der Waals surface area contributed by atoms with Crippen LogP contribution in [0.2, 0.25) is 0 Å². The fourth-order valence-electron chi connectivity index (χ4n) is 6.86. The Hall–Kier alpha value is -3.67. The first-order chi connectivity index (χ1) is 20.4. The van der Waals surface area contributed by atoms with Crippen molar-refractivity contribution < 1.29 is 29.7 Å². The van der Waals surface area contributed by atoms with Crippen LogP contribution in [0.5, 0.6) is 11.5 Å². The van der Waals surface area contributed by atoms with Crippen LogP contribution in [0.4, 0.5) is 0 Å². The fourth-order valence-corrected chi connectivity index (χ4v) is 6.86. The molecule has 0 unspecified atom stereocenters. The summed E-state index contributed by atoms with van der Waals surface area (Å²) in [4.78, 5) is 44.3. The lowest BCUT2D eigenvalue weighted by Crippen LogP contribution is -2.69. The molecule has 1 aromatic rings. The molecule has 3 atom stereocenters. The zero-order valence-corrected chi connectivity index (χ0v) is 27.9. The molecule has 238 valence electrons. The highest BCUT2D eigenvalue weighted by Crippen LogP contribution is 2.65. The van der Waals surface area contributed by atoms with Crippen LogP contribution in [0.1, 0.15) is 106 Å². The summed E-state index contributed by atoms with van der Waals surface area (Å²) in [6.07, 6.45) is 11.1. The van der Waals surface area contributed by atoms with Crippen molar-refractivity contribution in [2.24, 2.45) is 22.2 Å². The van der Waals surface area contributed by atoms with Gasteiger partial charge in [0.1, 0.15) is 16.7 Å². The topological polar surface area (TPSA) is 112 Å². The van der Waals surface area contributed by atoms with Crippen molar-refractivity contribution in [1.29, 1.82) is 0 Å². The van der Waals surface area contributed by atoms with Crippen molar-refractivity contribution >= 4 is 23.1 Å². The van der Waals surface area contributed by atoms with Gasteiger partial charge in [-0.3, -0.25) is 14.4 Å². The predicted molar refractivity (Wildman–Crippen MR) is 176 cm³/mol. The molecule has 3 N–H and O–H groups in total. The maximum absolute atomic E-state index is 14.9. The summed E-state index contributed by atoms with van der Waals surface area (Å²) in [5, 5.41) is 31.5. The number of allylic oxidation sites excluding steroid dienone is 9. The molecule has 2 fully saturated rings. The largest absolute Gasteiger partial charge is 0.506 e. The number of fused-ring (bicyclic) bond motifs is 2. The van der Waals surface area contributed by atoms with E-state index < -0.39 is 50.6 Å². The molecule has 2 aliphatic carbocycles. The summed E-state index contributed by atoms with van der Waals surface area (Å²) in [5.74, 6) is -3.36. The Morgan fingerprint density at radius 1 is 0.818 bits per heavy atom. The minimum Gasteiger partial charge on any atom is -0.506 e. The maximum Gasteiger partial charge on any atom is 0.184 e. The van der Waals surface area contributed by atoms with Gasteiger partial charge in [-0.15, -0.1) is 0 Å². The second-order valence-electron chi connectivity index (χ2n) is 14.1. The van der Waals surface area contributed by atoms with Crippen LogP contribution in [-0.4, -0.2) is 32.7 Å². The van der Waals surface area contributed by atoms with Gasteiger partial charge < -0.3 is 15.3 Å². The number of ketones is 3. The predicted octanol–water partition coefficient (Wildman–Crippen LogP) is 8.90.